The second-order valence-electron chi connectivity index (χ2n) is 3.11. The molecule has 0 saturated heterocycles. The zero-order valence-electron chi connectivity index (χ0n) is 9.20. The first-order valence-corrected chi connectivity index (χ1v) is 5.75. The first-order chi connectivity index (χ1) is 7.58. The van der Waals surface area contributed by atoms with Crippen molar-refractivity contribution in [1.29, 1.82) is 0 Å². The normalized spacial score (nSPS) is 12.9. The topological polar surface area (TPSA) is 56.3 Å². The average molecular weight is 311 g/mol. The number of rotatable bonds is 5. The molecule has 1 unspecified atom stereocenters. The van der Waals surface area contributed by atoms with Crippen LogP contribution in [0.3, 0.4) is 0 Å². The van der Waals surface area contributed by atoms with Crippen LogP contribution in [0.4, 0.5) is 5.82 Å². The van der Waals surface area contributed by atoms with Crippen LogP contribution in [0.1, 0.15) is 6.92 Å². The first-order valence-electron chi connectivity index (χ1n) is 4.58. The fraction of sp³-hybridized carbons (Fsp3) is 0.556. The Kier molecular flexibility index (Phi) is 5.40. The second-order valence-corrected chi connectivity index (χ2v) is 4.30. The van der Waals surface area contributed by atoms with Crippen molar-refractivity contribution < 1.29 is 9.47 Å². The van der Waals surface area contributed by atoms with E-state index in [1.165, 1.54) is 0 Å². The fourth-order valence-electron chi connectivity index (χ4n) is 1.23. The van der Waals surface area contributed by atoms with Gasteiger partial charge < -0.3 is 14.8 Å². The molecule has 90 valence electrons. The molecule has 1 N–H and O–H groups in total. The maximum Gasteiger partial charge on any atom is 0.224 e. The average Bonchev–Trinajstić information content (AvgIpc) is 2.25. The quantitative estimate of drug-likeness (QED) is 0.668. The molecule has 1 aromatic rings. The van der Waals surface area contributed by atoms with Gasteiger partial charge in [-0.2, -0.15) is 4.98 Å². The number of halogens is 2. The van der Waals surface area contributed by atoms with Gasteiger partial charge in [0.15, 0.2) is 6.29 Å². The van der Waals surface area contributed by atoms with Gasteiger partial charge in [-0.25, -0.2) is 4.98 Å². The Hall–Kier alpha value is -0.430. The highest BCUT2D eigenvalue weighted by atomic mass is 79.9. The van der Waals surface area contributed by atoms with Crippen molar-refractivity contribution in [3.63, 3.8) is 0 Å². The van der Waals surface area contributed by atoms with Gasteiger partial charge in [0.25, 0.3) is 0 Å². The molecule has 0 fully saturated rings. The molecular formula is C9H13BrClN3O2. The molecule has 5 nitrogen and oxygen atoms in total. The zero-order chi connectivity index (χ0) is 12.1. The molecule has 0 bridgehead atoms. The number of hydrogen-bond acceptors (Lipinski definition) is 5. The molecule has 0 aliphatic carbocycles. The van der Waals surface area contributed by atoms with E-state index in [9.17, 15) is 0 Å². The number of methoxy groups -OCH3 is 2. The predicted octanol–water partition coefficient (Wildman–Crippen LogP) is 2.31. The Morgan fingerprint density at radius 2 is 2.06 bits per heavy atom. The van der Waals surface area contributed by atoms with E-state index in [-0.39, 0.29) is 17.6 Å². The van der Waals surface area contributed by atoms with Gasteiger partial charge >= 0.3 is 0 Å². The fourth-order valence-corrected chi connectivity index (χ4v) is 1.67. The van der Waals surface area contributed by atoms with Crippen molar-refractivity contribution in [2.75, 3.05) is 19.5 Å². The van der Waals surface area contributed by atoms with Crippen LogP contribution < -0.4 is 5.32 Å². The van der Waals surface area contributed by atoms with Gasteiger partial charge in [-0.05, 0) is 34.5 Å². The third kappa shape index (κ3) is 3.55. The number of hydrogen-bond donors (Lipinski definition) is 1. The molecule has 0 radical (unpaired) electrons. The van der Waals surface area contributed by atoms with Crippen LogP contribution in [-0.4, -0.2) is 36.5 Å². The maximum atomic E-state index is 5.70. The van der Waals surface area contributed by atoms with E-state index in [2.05, 4.69) is 31.2 Å². The Morgan fingerprint density at radius 3 is 2.62 bits per heavy atom. The number of aromatic nitrogens is 2. The summed E-state index contributed by atoms with van der Waals surface area (Å²) in [4.78, 5) is 7.89. The summed E-state index contributed by atoms with van der Waals surface area (Å²) in [6, 6.07) is -0.0720. The van der Waals surface area contributed by atoms with Crippen LogP contribution in [0.2, 0.25) is 5.28 Å². The lowest BCUT2D eigenvalue weighted by Crippen LogP contribution is -2.34. The molecule has 0 aliphatic heterocycles. The lowest BCUT2D eigenvalue weighted by Gasteiger charge is -2.22. The van der Waals surface area contributed by atoms with Crippen LogP contribution in [0, 0.1) is 0 Å². The standard InChI is InChI=1S/C9H13BrClN3O2/c1-5(8(15-2)16-3)13-7-6(10)4-12-9(11)14-7/h4-5,8H,1-3H3,(H,12,13,14). The summed E-state index contributed by atoms with van der Waals surface area (Å²) < 4.78 is 11.0. The molecule has 7 heteroatoms. The van der Waals surface area contributed by atoms with Gasteiger partial charge in [0, 0.05) is 20.4 Å². The van der Waals surface area contributed by atoms with Crippen molar-refractivity contribution in [1.82, 2.24) is 9.97 Å². The smallest absolute Gasteiger partial charge is 0.224 e. The van der Waals surface area contributed by atoms with Gasteiger partial charge in [-0.3, -0.25) is 0 Å². The Morgan fingerprint density at radius 1 is 1.44 bits per heavy atom. The second kappa shape index (κ2) is 6.34. The molecule has 16 heavy (non-hydrogen) atoms. The van der Waals surface area contributed by atoms with Crippen molar-refractivity contribution in [2.24, 2.45) is 0 Å². The number of ether oxygens (including phenoxy) is 2. The van der Waals surface area contributed by atoms with Crippen molar-refractivity contribution in [3.8, 4) is 0 Å². The number of nitrogens with one attached hydrogen (secondary N) is 1. The van der Waals surface area contributed by atoms with Gasteiger partial charge in [0.05, 0.1) is 10.5 Å². The summed E-state index contributed by atoms with van der Waals surface area (Å²) in [5, 5.41) is 3.31. The zero-order valence-corrected chi connectivity index (χ0v) is 11.5. The van der Waals surface area contributed by atoms with Gasteiger partial charge in [-0.15, -0.1) is 0 Å². The van der Waals surface area contributed by atoms with E-state index in [4.69, 9.17) is 21.1 Å². The predicted molar refractivity (Wildman–Crippen MR) is 65.6 cm³/mol. The van der Waals surface area contributed by atoms with Crippen LogP contribution >= 0.6 is 27.5 Å². The van der Waals surface area contributed by atoms with Gasteiger partial charge in [0.2, 0.25) is 5.28 Å². The van der Waals surface area contributed by atoms with Crippen LogP contribution in [0.25, 0.3) is 0 Å². The van der Waals surface area contributed by atoms with Crippen LogP contribution in [-0.2, 0) is 9.47 Å². The lowest BCUT2D eigenvalue weighted by molar-refractivity contribution is -0.109. The monoisotopic (exact) mass is 309 g/mol. The molecular weight excluding hydrogens is 297 g/mol. The summed E-state index contributed by atoms with van der Waals surface area (Å²) in [6.07, 6.45) is 1.22. The minimum Gasteiger partial charge on any atom is -0.361 e. The summed E-state index contributed by atoms with van der Waals surface area (Å²) >= 11 is 9.03. The summed E-state index contributed by atoms with van der Waals surface area (Å²) in [5.41, 5.74) is 0. The molecule has 1 aromatic heterocycles. The largest absolute Gasteiger partial charge is 0.361 e. The molecule has 1 rings (SSSR count). The van der Waals surface area contributed by atoms with E-state index in [1.807, 2.05) is 6.92 Å². The van der Waals surface area contributed by atoms with E-state index in [0.29, 0.717) is 5.82 Å². The highest BCUT2D eigenvalue weighted by molar-refractivity contribution is 9.10. The highest BCUT2D eigenvalue weighted by Crippen LogP contribution is 2.21. The van der Waals surface area contributed by atoms with E-state index in [1.54, 1.807) is 20.4 Å². The minimum absolute atomic E-state index is 0.0720. The Labute approximate surface area is 108 Å². The van der Waals surface area contributed by atoms with E-state index < -0.39 is 0 Å². The van der Waals surface area contributed by atoms with Gasteiger partial charge in [-0.1, -0.05) is 0 Å². The SMILES string of the molecule is COC(OC)C(C)Nc1nc(Cl)ncc1Br. The summed E-state index contributed by atoms with van der Waals surface area (Å²) in [7, 11) is 3.16. The number of anilines is 1. The van der Waals surface area contributed by atoms with E-state index in [0.717, 1.165) is 4.47 Å². The first kappa shape index (κ1) is 13.6. The van der Waals surface area contributed by atoms with Crippen molar-refractivity contribution in [3.05, 3.63) is 16.0 Å². The number of nitrogens with zero attached hydrogens (tertiary/aromatic N) is 2. The third-order valence-electron chi connectivity index (χ3n) is 1.95. The van der Waals surface area contributed by atoms with E-state index >= 15 is 0 Å². The summed E-state index contributed by atoms with van der Waals surface area (Å²) in [5.74, 6) is 0.603. The van der Waals surface area contributed by atoms with Gasteiger partial charge in [0.1, 0.15) is 5.82 Å². The highest BCUT2D eigenvalue weighted by Gasteiger charge is 2.17. The molecule has 0 amide bonds. The third-order valence-corrected chi connectivity index (χ3v) is 2.71. The Bertz CT molecular complexity index is 350. The van der Waals surface area contributed by atoms with Crippen molar-refractivity contribution in [2.45, 2.75) is 19.3 Å². The molecule has 0 saturated carbocycles. The van der Waals surface area contributed by atoms with Crippen molar-refractivity contribution >= 4 is 33.3 Å². The maximum absolute atomic E-state index is 5.70. The van der Waals surface area contributed by atoms with Crippen LogP contribution in [0.15, 0.2) is 10.7 Å². The molecule has 0 aliphatic rings. The molecule has 1 atom stereocenters. The molecule has 1 heterocycles. The van der Waals surface area contributed by atoms with Crippen LogP contribution in [0.5, 0.6) is 0 Å². The Balaban J connectivity index is 2.75. The minimum atomic E-state index is -0.361. The molecule has 0 aromatic carbocycles. The lowest BCUT2D eigenvalue weighted by atomic mass is 10.3. The summed E-state index contributed by atoms with van der Waals surface area (Å²) in [6.45, 7) is 1.92. The molecule has 0 spiro atoms.